The van der Waals surface area contributed by atoms with Gasteiger partial charge in [-0.25, -0.2) is 0 Å². The molecule has 48 heavy (non-hydrogen) atoms. The first-order valence-electron chi connectivity index (χ1n) is 15.7. The van der Waals surface area contributed by atoms with Gasteiger partial charge in [0.25, 0.3) is 5.91 Å². The number of hydrogen-bond donors (Lipinski definition) is 3. The summed E-state index contributed by atoms with van der Waals surface area (Å²) in [5.41, 5.74) is -5.13. The van der Waals surface area contributed by atoms with Crippen molar-refractivity contribution in [3.8, 4) is 0 Å². The van der Waals surface area contributed by atoms with Crippen molar-refractivity contribution in [3.05, 3.63) is 70.6 Å². The second-order valence-electron chi connectivity index (χ2n) is 13.0. The van der Waals surface area contributed by atoms with Crippen LogP contribution in [-0.2, 0) is 29.3 Å². The number of hydrogen-bond acceptors (Lipinski definition) is 7. The van der Waals surface area contributed by atoms with Crippen LogP contribution in [0.25, 0.3) is 10.1 Å². The lowest BCUT2D eigenvalue weighted by atomic mass is 9.85. The molecule has 0 spiro atoms. The van der Waals surface area contributed by atoms with E-state index in [0.717, 1.165) is 29.0 Å². The number of thiophene rings is 1. The molecule has 2 fully saturated rings. The zero-order valence-electron chi connectivity index (χ0n) is 27.1. The largest absolute Gasteiger partial charge is 0.399 e. The average Bonchev–Trinajstić information content (AvgIpc) is 3.67. The summed E-state index contributed by atoms with van der Waals surface area (Å²) in [7, 11) is -5.78. The number of alkyl halides is 2. The minimum absolute atomic E-state index is 0.116. The molecule has 1 unspecified atom stereocenters. The van der Waals surface area contributed by atoms with Crippen LogP contribution in [0.15, 0.2) is 54.6 Å². The quantitative estimate of drug-likeness (QED) is 0.267. The van der Waals surface area contributed by atoms with Crippen molar-refractivity contribution in [2.45, 2.75) is 64.1 Å². The third-order valence-electron chi connectivity index (χ3n) is 8.65. The van der Waals surface area contributed by atoms with Crippen LogP contribution in [0.5, 0.6) is 0 Å². The van der Waals surface area contributed by atoms with E-state index in [-0.39, 0.29) is 28.8 Å². The molecule has 15 heteroatoms. The Morgan fingerprint density at radius 3 is 2.46 bits per heavy atom. The molecule has 5 rings (SSSR count). The van der Waals surface area contributed by atoms with Gasteiger partial charge in [0.05, 0.1) is 24.1 Å². The van der Waals surface area contributed by atoms with Crippen LogP contribution in [0, 0.1) is 5.41 Å². The predicted molar refractivity (Wildman–Crippen MR) is 176 cm³/mol. The van der Waals surface area contributed by atoms with E-state index in [9.17, 15) is 27.7 Å². The van der Waals surface area contributed by atoms with E-state index in [4.69, 9.17) is 19.3 Å². The molecule has 1 aromatic heterocycles. The normalized spacial score (nSPS) is 21.4. The summed E-state index contributed by atoms with van der Waals surface area (Å²) < 4.78 is 52.5. The number of carbonyl (C=O) groups is 3. The lowest BCUT2D eigenvalue weighted by Gasteiger charge is -2.39. The molecule has 3 amide bonds. The third kappa shape index (κ3) is 7.34. The highest BCUT2D eigenvalue weighted by Crippen LogP contribution is 2.59. The van der Waals surface area contributed by atoms with E-state index in [2.05, 4.69) is 5.32 Å². The Bertz CT molecular complexity index is 1710. The Labute approximate surface area is 281 Å². The van der Waals surface area contributed by atoms with Crippen molar-refractivity contribution in [1.82, 2.24) is 15.1 Å². The fraction of sp³-hybridized carbons (Fsp3) is 0.485. The Morgan fingerprint density at radius 1 is 1.10 bits per heavy atom. The molecule has 260 valence electrons. The van der Waals surface area contributed by atoms with Crippen molar-refractivity contribution in [2.75, 3.05) is 32.8 Å². The van der Waals surface area contributed by atoms with Gasteiger partial charge in [0.15, 0.2) is 0 Å². The fourth-order valence-electron chi connectivity index (χ4n) is 6.13. The summed E-state index contributed by atoms with van der Waals surface area (Å²) in [5, 5.41) is 3.01. The number of likely N-dealkylation sites (tertiary alicyclic amines) is 1. The Balaban J connectivity index is 1.38. The molecule has 0 radical (unpaired) electrons. The number of nitrogens with zero attached hydrogens (tertiary/aromatic N) is 2. The summed E-state index contributed by atoms with van der Waals surface area (Å²) in [6.45, 7) is 8.78. The number of amides is 3. The first-order valence-corrected chi connectivity index (χ1v) is 18.1. The summed E-state index contributed by atoms with van der Waals surface area (Å²) in [6, 6.07) is 12.1. The number of carbonyl (C=O) groups excluding carboxylic acids is 3. The van der Waals surface area contributed by atoms with E-state index in [1.165, 1.54) is 17.0 Å². The molecule has 0 aliphatic carbocycles. The zero-order chi connectivity index (χ0) is 35.0. The molecule has 2 aliphatic heterocycles. The summed E-state index contributed by atoms with van der Waals surface area (Å²) >= 11 is 0.990. The molecule has 3 aromatic rings. The van der Waals surface area contributed by atoms with Gasteiger partial charge >= 0.3 is 13.3 Å². The smallest absolute Gasteiger partial charge is 0.376 e. The summed E-state index contributed by atoms with van der Waals surface area (Å²) in [4.78, 5) is 63.6. The van der Waals surface area contributed by atoms with Crippen molar-refractivity contribution in [1.29, 1.82) is 0 Å². The molecule has 2 aromatic carbocycles. The number of halogens is 2. The molecule has 2 aliphatic rings. The molecular weight excluding hydrogens is 667 g/mol. The third-order valence-corrected chi connectivity index (χ3v) is 10.8. The lowest BCUT2D eigenvalue weighted by Crippen LogP contribution is -2.60. The van der Waals surface area contributed by atoms with Gasteiger partial charge in [-0.05, 0) is 47.9 Å². The van der Waals surface area contributed by atoms with Gasteiger partial charge in [-0.3, -0.25) is 18.9 Å². The second kappa shape index (κ2) is 13.9. The van der Waals surface area contributed by atoms with Crippen LogP contribution in [0.4, 0.5) is 8.78 Å². The SMILES string of the molecule is CCO[C@H]1CCN(C(=O)C(NC(=O)c2cc3cc(C(F)(F)P(=O)(O)O)ccc3s2)C(C)(C)C)[C@@H]1C(=O)N1CCO[C@H](c2ccccc2)C1. The van der Waals surface area contributed by atoms with E-state index < -0.39 is 54.2 Å². The standard InChI is InChI=1S/C33H40F2N3O8PS/c1-5-45-23-13-14-38(27(23)30(40)37-15-16-46-24(19-37)20-9-7-6-8-10-20)31(41)28(32(2,3)4)36-29(39)26-18-21-17-22(11-12-25(21)48-26)33(34,35)47(42,43)44/h6-12,17-18,23-24,27-28H,5,13-16,19H2,1-4H3,(H,36,39)(H2,42,43,44)/t23-,24-,27-,28?/m0/s1. The van der Waals surface area contributed by atoms with Crippen LogP contribution < -0.4 is 5.32 Å². The molecule has 0 bridgehead atoms. The van der Waals surface area contributed by atoms with Crippen LogP contribution >= 0.6 is 18.9 Å². The van der Waals surface area contributed by atoms with Gasteiger partial charge in [-0.2, -0.15) is 8.78 Å². The van der Waals surface area contributed by atoms with Gasteiger partial charge < -0.3 is 34.4 Å². The minimum atomic E-state index is -5.78. The maximum Gasteiger partial charge on any atom is 0.399 e. The van der Waals surface area contributed by atoms with Crippen molar-refractivity contribution in [2.24, 2.45) is 5.41 Å². The van der Waals surface area contributed by atoms with Gasteiger partial charge in [0, 0.05) is 30.0 Å². The topological polar surface area (TPSA) is 146 Å². The maximum atomic E-state index is 14.4. The molecular formula is C33H40F2N3O8PS. The molecule has 3 heterocycles. The van der Waals surface area contributed by atoms with Crippen LogP contribution in [0.2, 0.25) is 0 Å². The average molecular weight is 708 g/mol. The van der Waals surface area contributed by atoms with Crippen molar-refractivity contribution >= 4 is 46.7 Å². The first kappa shape index (κ1) is 36.0. The van der Waals surface area contributed by atoms with Gasteiger partial charge in [0.2, 0.25) is 11.8 Å². The van der Waals surface area contributed by atoms with Gasteiger partial charge in [-0.15, -0.1) is 11.3 Å². The highest BCUT2D eigenvalue weighted by atomic mass is 32.1. The summed E-state index contributed by atoms with van der Waals surface area (Å²) in [6.07, 6.45) is -0.420. The number of benzene rings is 2. The molecule has 2 saturated heterocycles. The molecule has 11 nitrogen and oxygen atoms in total. The Morgan fingerprint density at radius 2 is 1.81 bits per heavy atom. The van der Waals surface area contributed by atoms with Crippen LogP contribution in [0.1, 0.15) is 61.0 Å². The predicted octanol–water partition coefficient (Wildman–Crippen LogP) is 4.88. The molecule has 0 saturated carbocycles. The van der Waals surface area contributed by atoms with Crippen molar-refractivity contribution < 1.29 is 47.0 Å². The highest BCUT2D eigenvalue weighted by Gasteiger charge is 2.51. The second-order valence-corrected chi connectivity index (χ2v) is 15.8. The van der Waals surface area contributed by atoms with E-state index in [0.29, 0.717) is 37.4 Å². The van der Waals surface area contributed by atoms with Crippen molar-refractivity contribution in [3.63, 3.8) is 0 Å². The lowest BCUT2D eigenvalue weighted by molar-refractivity contribution is -0.154. The maximum absolute atomic E-state index is 14.4. The number of ether oxygens (including phenoxy) is 2. The van der Waals surface area contributed by atoms with E-state index >= 15 is 0 Å². The van der Waals surface area contributed by atoms with Crippen LogP contribution in [-0.4, -0.2) is 88.3 Å². The Kier molecular flexibility index (Phi) is 10.5. The van der Waals surface area contributed by atoms with E-state index in [1.54, 1.807) is 25.7 Å². The number of nitrogens with one attached hydrogen (secondary N) is 1. The highest BCUT2D eigenvalue weighted by molar-refractivity contribution is 7.52. The summed E-state index contributed by atoms with van der Waals surface area (Å²) in [5.74, 6) is -1.33. The first-order chi connectivity index (χ1) is 22.5. The molecule has 3 N–H and O–H groups in total. The fourth-order valence-corrected chi connectivity index (χ4v) is 7.55. The number of morpholine rings is 1. The minimum Gasteiger partial charge on any atom is -0.376 e. The molecule has 4 atom stereocenters. The number of fused-ring (bicyclic) bond motifs is 1. The zero-order valence-corrected chi connectivity index (χ0v) is 28.8. The Hall–Kier alpha value is -3.26. The van der Waals surface area contributed by atoms with E-state index in [1.807, 2.05) is 37.3 Å². The van der Waals surface area contributed by atoms with Gasteiger partial charge in [0.1, 0.15) is 18.2 Å². The monoisotopic (exact) mass is 707 g/mol. The number of rotatable bonds is 9. The van der Waals surface area contributed by atoms with Crippen LogP contribution in [0.3, 0.4) is 0 Å². The van der Waals surface area contributed by atoms with Gasteiger partial charge in [-0.1, -0.05) is 57.2 Å².